The molecule has 0 aliphatic carbocycles. The van der Waals surface area contributed by atoms with Gasteiger partial charge in [-0.25, -0.2) is 0 Å². The summed E-state index contributed by atoms with van der Waals surface area (Å²) in [5.74, 6) is -0.536. The average molecular weight is 273 g/mol. The molecule has 1 aromatic rings. The monoisotopic (exact) mass is 273 g/mol. The Kier molecular flexibility index (Phi) is 2.95. The fourth-order valence-corrected chi connectivity index (χ4v) is 2.41. The molecule has 2 amide bonds. The van der Waals surface area contributed by atoms with Gasteiger partial charge in [0.2, 0.25) is 0 Å². The highest BCUT2D eigenvalue weighted by molar-refractivity contribution is 6.61. The zero-order chi connectivity index (χ0) is 14.5. The van der Waals surface area contributed by atoms with Crippen LogP contribution in [0.2, 0.25) is 0 Å². The van der Waals surface area contributed by atoms with Crippen molar-refractivity contribution in [2.24, 2.45) is 5.41 Å². The minimum absolute atomic E-state index is 0.000763. The zero-order valence-electron chi connectivity index (χ0n) is 11.8. The number of rotatable bonds is 1. The standard InChI is InChI=1S/C14H16BNO4/c1-14(2)7-19-15(20-8-14)9-4-5-10-11(6-9)13(18)16(3)12(10)17/h4-6H,7-8H2,1-3H3. The molecular formula is C14H16BNO4. The highest BCUT2D eigenvalue weighted by Gasteiger charge is 2.37. The third kappa shape index (κ3) is 2.05. The SMILES string of the molecule is CN1C(=O)c2ccc(B3OCC(C)(C)CO3)cc2C1=O. The fraction of sp³-hybridized carbons (Fsp3) is 0.429. The summed E-state index contributed by atoms with van der Waals surface area (Å²) in [5, 5.41) is 0. The van der Waals surface area contributed by atoms with Crippen LogP contribution in [0.3, 0.4) is 0 Å². The number of carbonyl (C=O) groups excluding carboxylic acids is 2. The van der Waals surface area contributed by atoms with Crippen LogP contribution >= 0.6 is 0 Å². The Morgan fingerprint density at radius 2 is 1.70 bits per heavy atom. The molecule has 6 heteroatoms. The number of imide groups is 1. The molecule has 0 bridgehead atoms. The van der Waals surface area contributed by atoms with Crippen molar-refractivity contribution in [2.75, 3.05) is 20.3 Å². The van der Waals surface area contributed by atoms with Gasteiger partial charge in [-0.05, 0) is 17.6 Å². The van der Waals surface area contributed by atoms with Gasteiger partial charge in [-0.3, -0.25) is 14.5 Å². The van der Waals surface area contributed by atoms with E-state index < -0.39 is 7.12 Å². The molecule has 20 heavy (non-hydrogen) atoms. The zero-order valence-corrected chi connectivity index (χ0v) is 11.8. The number of hydrogen-bond donors (Lipinski definition) is 0. The molecule has 2 aliphatic rings. The topological polar surface area (TPSA) is 55.8 Å². The number of fused-ring (bicyclic) bond motifs is 1. The lowest BCUT2D eigenvalue weighted by atomic mass is 9.75. The van der Waals surface area contributed by atoms with Gasteiger partial charge < -0.3 is 9.31 Å². The number of amides is 2. The molecule has 0 N–H and O–H groups in total. The van der Waals surface area contributed by atoms with Crippen LogP contribution in [0.5, 0.6) is 0 Å². The summed E-state index contributed by atoms with van der Waals surface area (Å²) in [6.45, 7) is 5.34. The smallest absolute Gasteiger partial charge is 0.407 e. The first-order valence-corrected chi connectivity index (χ1v) is 6.59. The molecule has 0 aromatic heterocycles. The first-order valence-electron chi connectivity index (χ1n) is 6.59. The third-order valence-electron chi connectivity index (χ3n) is 3.64. The Morgan fingerprint density at radius 3 is 2.35 bits per heavy atom. The molecule has 1 aromatic carbocycles. The number of carbonyl (C=O) groups is 2. The van der Waals surface area contributed by atoms with E-state index in [1.807, 2.05) is 0 Å². The van der Waals surface area contributed by atoms with Crippen molar-refractivity contribution in [3.05, 3.63) is 29.3 Å². The van der Waals surface area contributed by atoms with Crippen molar-refractivity contribution >= 4 is 24.4 Å². The van der Waals surface area contributed by atoms with E-state index in [0.717, 1.165) is 10.4 Å². The molecule has 0 saturated carbocycles. The van der Waals surface area contributed by atoms with Crippen LogP contribution in [0.4, 0.5) is 0 Å². The summed E-state index contributed by atoms with van der Waals surface area (Å²) >= 11 is 0. The Labute approximate surface area is 118 Å². The molecule has 104 valence electrons. The third-order valence-corrected chi connectivity index (χ3v) is 3.64. The summed E-state index contributed by atoms with van der Waals surface area (Å²) in [5.41, 5.74) is 1.64. The lowest BCUT2D eigenvalue weighted by Crippen LogP contribution is -2.47. The molecule has 0 radical (unpaired) electrons. The van der Waals surface area contributed by atoms with Gasteiger partial charge in [-0.1, -0.05) is 19.9 Å². The first kappa shape index (κ1) is 13.3. The molecule has 0 spiro atoms. The molecule has 1 fully saturated rings. The molecular weight excluding hydrogens is 257 g/mol. The predicted octanol–water partition coefficient (Wildman–Crippen LogP) is 0.681. The van der Waals surface area contributed by atoms with Crippen LogP contribution in [0, 0.1) is 5.41 Å². The minimum Gasteiger partial charge on any atom is -0.407 e. The molecule has 2 aliphatic heterocycles. The van der Waals surface area contributed by atoms with E-state index in [0.29, 0.717) is 24.3 Å². The van der Waals surface area contributed by atoms with Gasteiger partial charge in [0, 0.05) is 25.7 Å². The first-order chi connectivity index (χ1) is 9.39. The van der Waals surface area contributed by atoms with Crippen molar-refractivity contribution in [3.8, 4) is 0 Å². The minimum atomic E-state index is -0.470. The molecule has 3 rings (SSSR count). The predicted molar refractivity (Wildman–Crippen MR) is 73.9 cm³/mol. The van der Waals surface area contributed by atoms with Crippen LogP contribution in [0.25, 0.3) is 0 Å². The van der Waals surface area contributed by atoms with Crippen LogP contribution in [0.1, 0.15) is 34.6 Å². The Morgan fingerprint density at radius 1 is 1.10 bits per heavy atom. The summed E-state index contributed by atoms with van der Waals surface area (Å²) in [7, 11) is 1.02. The van der Waals surface area contributed by atoms with Crippen molar-refractivity contribution < 1.29 is 18.9 Å². The van der Waals surface area contributed by atoms with E-state index in [2.05, 4.69) is 13.8 Å². The van der Waals surface area contributed by atoms with E-state index >= 15 is 0 Å². The van der Waals surface area contributed by atoms with Gasteiger partial charge >= 0.3 is 7.12 Å². The van der Waals surface area contributed by atoms with Gasteiger partial charge in [-0.2, -0.15) is 0 Å². The summed E-state index contributed by atoms with van der Waals surface area (Å²) in [4.78, 5) is 24.9. The summed E-state index contributed by atoms with van der Waals surface area (Å²) in [6, 6.07) is 5.15. The van der Waals surface area contributed by atoms with Crippen molar-refractivity contribution in [3.63, 3.8) is 0 Å². The van der Waals surface area contributed by atoms with Crippen LogP contribution in [-0.2, 0) is 9.31 Å². The van der Waals surface area contributed by atoms with Crippen LogP contribution in [0.15, 0.2) is 18.2 Å². The Bertz CT molecular complexity index is 589. The van der Waals surface area contributed by atoms with E-state index in [1.54, 1.807) is 18.2 Å². The quantitative estimate of drug-likeness (QED) is 0.557. The summed E-state index contributed by atoms with van der Waals surface area (Å²) < 4.78 is 11.4. The molecule has 1 saturated heterocycles. The Hall–Kier alpha value is -1.66. The van der Waals surface area contributed by atoms with Crippen LogP contribution in [-0.4, -0.2) is 44.1 Å². The molecule has 5 nitrogen and oxygen atoms in total. The normalized spacial score (nSPS) is 21.4. The maximum absolute atomic E-state index is 12.0. The molecule has 2 heterocycles. The lowest BCUT2D eigenvalue weighted by Gasteiger charge is -2.33. The van der Waals surface area contributed by atoms with Gasteiger partial charge in [-0.15, -0.1) is 0 Å². The van der Waals surface area contributed by atoms with Crippen molar-refractivity contribution in [1.82, 2.24) is 4.90 Å². The number of benzene rings is 1. The fourth-order valence-electron chi connectivity index (χ4n) is 2.41. The van der Waals surface area contributed by atoms with E-state index in [1.165, 1.54) is 7.05 Å². The van der Waals surface area contributed by atoms with Gasteiger partial charge in [0.1, 0.15) is 0 Å². The van der Waals surface area contributed by atoms with E-state index in [-0.39, 0.29) is 17.2 Å². The van der Waals surface area contributed by atoms with Crippen LogP contribution < -0.4 is 5.46 Å². The highest BCUT2D eigenvalue weighted by Crippen LogP contribution is 2.23. The number of nitrogens with zero attached hydrogens (tertiary/aromatic N) is 1. The summed E-state index contributed by atoms with van der Waals surface area (Å²) in [6.07, 6.45) is 0. The van der Waals surface area contributed by atoms with Gasteiger partial charge in [0.15, 0.2) is 0 Å². The second-order valence-electron chi connectivity index (χ2n) is 6.09. The highest BCUT2D eigenvalue weighted by atomic mass is 16.6. The lowest BCUT2D eigenvalue weighted by molar-refractivity contribution is 0.0343. The van der Waals surface area contributed by atoms with E-state index in [4.69, 9.17) is 9.31 Å². The molecule has 0 atom stereocenters. The van der Waals surface area contributed by atoms with Crippen molar-refractivity contribution in [1.29, 1.82) is 0 Å². The largest absolute Gasteiger partial charge is 0.493 e. The molecule has 0 unspecified atom stereocenters. The average Bonchev–Trinajstić information content (AvgIpc) is 2.64. The second-order valence-corrected chi connectivity index (χ2v) is 6.09. The van der Waals surface area contributed by atoms with Gasteiger partial charge in [0.25, 0.3) is 11.8 Å². The Balaban J connectivity index is 1.88. The van der Waals surface area contributed by atoms with E-state index in [9.17, 15) is 9.59 Å². The maximum Gasteiger partial charge on any atom is 0.493 e. The maximum atomic E-state index is 12.0. The van der Waals surface area contributed by atoms with Crippen molar-refractivity contribution in [2.45, 2.75) is 13.8 Å². The second kappa shape index (κ2) is 4.43. The van der Waals surface area contributed by atoms with Gasteiger partial charge in [0.05, 0.1) is 11.1 Å². The number of hydrogen-bond acceptors (Lipinski definition) is 4.